The first-order chi connectivity index (χ1) is 12.9. The Labute approximate surface area is 164 Å². The van der Waals surface area contributed by atoms with Crippen molar-refractivity contribution in [2.24, 2.45) is 34.5 Å². The number of esters is 1. The second-order valence-electron chi connectivity index (χ2n) is 10.4. The number of aliphatic hydroxyl groups is 1. The molecule has 3 unspecified atom stereocenters. The van der Waals surface area contributed by atoms with Crippen molar-refractivity contribution in [2.45, 2.75) is 90.6 Å². The molecule has 7 atom stereocenters. The smallest absolute Gasteiger partial charge is 0.305 e. The third-order valence-electron chi connectivity index (χ3n) is 9.44. The number of methoxy groups -OCH3 is 1. The van der Waals surface area contributed by atoms with E-state index in [1.54, 1.807) is 5.57 Å². The number of hydrogen-bond acceptors (Lipinski definition) is 3. The fourth-order valence-corrected chi connectivity index (χ4v) is 7.82. The van der Waals surface area contributed by atoms with E-state index in [1.165, 1.54) is 52.1 Å². The predicted molar refractivity (Wildman–Crippen MR) is 107 cm³/mol. The van der Waals surface area contributed by atoms with Gasteiger partial charge in [0.1, 0.15) is 0 Å². The van der Waals surface area contributed by atoms with E-state index in [0.29, 0.717) is 17.3 Å². The molecule has 3 fully saturated rings. The van der Waals surface area contributed by atoms with Gasteiger partial charge >= 0.3 is 5.97 Å². The summed E-state index contributed by atoms with van der Waals surface area (Å²) < 4.78 is 4.82. The molecule has 4 rings (SSSR count). The Morgan fingerprint density at radius 2 is 2.00 bits per heavy atom. The van der Waals surface area contributed by atoms with Crippen LogP contribution in [-0.4, -0.2) is 24.3 Å². The summed E-state index contributed by atoms with van der Waals surface area (Å²) in [6.45, 7) is 5.07. The average molecular weight is 375 g/mol. The lowest BCUT2D eigenvalue weighted by Gasteiger charge is -2.58. The number of fused-ring (bicyclic) bond motifs is 5. The molecule has 3 nitrogen and oxygen atoms in total. The van der Waals surface area contributed by atoms with Gasteiger partial charge in [0.05, 0.1) is 13.2 Å². The van der Waals surface area contributed by atoms with Gasteiger partial charge in [-0.15, -0.1) is 0 Å². The molecule has 3 heteroatoms. The number of carbonyl (C=O) groups excluding carboxylic acids is 1. The van der Waals surface area contributed by atoms with Crippen molar-refractivity contribution < 1.29 is 14.6 Å². The second kappa shape index (κ2) is 7.21. The largest absolute Gasteiger partial charge is 0.469 e. The number of rotatable bonds is 4. The van der Waals surface area contributed by atoms with E-state index in [1.807, 2.05) is 0 Å². The van der Waals surface area contributed by atoms with Gasteiger partial charge < -0.3 is 9.84 Å². The molecule has 4 aliphatic rings. The van der Waals surface area contributed by atoms with Crippen molar-refractivity contribution in [3.63, 3.8) is 0 Å². The van der Waals surface area contributed by atoms with E-state index in [-0.39, 0.29) is 12.1 Å². The number of carbonyl (C=O) groups is 1. The summed E-state index contributed by atoms with van der Waals surface area (Å²) in [5.74, 6) is 3.21. The minimum atomic E-state index is -0.111. The molecule has 0 heterocycles. The van der Waals surface area contributed by atoms with Crippen molar-refractivity contribution in [1.82, 2.24) is 0 Å². The number of ether oxygens (including phenoxy) is 1. The molecular formula is C24H38O3. The second-order valence-corrected chi connectivity index (χ2v) is 10.4. The van der Waals surface area contributed by atoms with Gasteiger partial charge in [0.2, 0.25) is 0 Å². The van der Waals surface area contributed by atoms with Crippen LogP contribution in [0.25, 0.3) is 0 Å². The van der Waals surface area contributed by atoms with E-state index in [9.17, 15) is 9.90 Å². The zero-order valence-corrected chi connectivity index (χ0v) is 17.5. The van der Waals surface area contributed by atoms with Gasteiger partial charge in [-0.2, -0.15) is 0 Å². The quantitative estimate of drug-likeness (QED) is 0.538. The van der Waals surface area contributed by atoms with E-state index in [4.69, 9.17) is 4.74 Å². The molecule has 0 aromatic rings. The van der Waals surface area contributed by atoms with Crippen LogP contribution >= 0.6 is 0 Å². The molecule has 0 spiro atoms. The summed E-state index contributed by atoms with van der Waals surface area (Å²) >= 11 is 0. The van der Waals surface area contributed by atoms with Gasteiger partial charge in [-0.05, 0) is 98.7 Å². The van der Waals surface area contributed by atoms with Crippen molar-refractivity contribution >= 4 is 5.97 Å². The lowest BCUT2D eigenvalue weighted by Crippen LogP contribution is -2.50. The van der Waals surface area contributed by atoms with Crippen molar-refractivity contribution in [3.05, 3.63) is 11.6 Å². The molecule has 0 aromatic carbocycles. The first-order valence-corrected chi connectivity index (χ1v) is 11.3. The highest BCUT2D eigenvalue weighted by Gasteiger charge is 2.58. The summed E-state index contributed by atoms with van der Waals surface area (Å²) in [4.78, 5) is 11.5. The molecule has 0 aromatic heterocycles. The maximum atomic E-state index is 11.5. The minimum absolute atomic E-state index is 0.0595. The molecule has 27 heavy (non-hydrogen) atoms. The summed E-state index contributed by atoms with van der Waals surface area (Å²) in [5, 5.41) is 10.2. The topological polar surface area (TPSA) is 46.5 Å². The van der Waals surface area contributed by atoms with E-state index < -0.39 is 0 Å². The predicted octanol–water partition coefficient (Wildman–Crippen LogP) is 5.27. The van der Waals surface area contributed by atoms with Crippen molar-refractivity contribution in [2.75, 3.05) is 7.11 Å². The number of allylic oxidation sites excluding steroid dienone is 1. The highest BCUT2D eigenvalue weighted by atomic mass is 16.5. The SMILES string of the molecule is COC(=O)CCC[C@H]1CCC2C3CC=C4C[C@@H](O)CC[C@]4(C)C3CC[C@@]21C. The maximum Gasteiger partial charge on any atom is 0.305 e. The van der Waals surface area contributed by atoms with E-state index in [2.05, 4.69) is 19.9 Å². The molecule has 0 amide bonds. The van der Waals surface area contributed by atoms with Crippen LogP contribution in [0.2, 0.25) is 0 Å². The lowest BCUT2D eigenvalue weighted by atomic mass is 9.47. The molecule has 3 saturated carbocycles. The van der Waals surface area contributed by atoms with Gasteiger partial charge in [-0.3, -0.25) is 4.79 Å². The third kappa shape index (κ3) is 3.18. The minimum Gasteiger partial charge on any atom is -0.469 e. The van der Waals surface area contributed by atoms with E-state index >= 15 is 0 Å². The van der Waals surface area contributed by atoms with Crippen LogP contribution in [-0.2, 0) is 9.53 Å². The van der Waals surface area contributed by atoms with Crippen LogP contribution in [0.1, 0.15) is 84.5 Å². The van der Waals surface area contributed by atoms with Crippen molar-refractivity contribution in [3.8, 4) is 0 Å². The fourth-order valence-electron chi connectivity index (χ4n) is 7.82. The maximum absolute atomic E-state index is 11.5. The Hall–Kier alpha value is -0.830. The third-order valence-corrected chi connectivity index (χ3v) is 9.44. The average Bonchev–Trinajstić information content (AvgIpc) is 2.99. The number of hydrogen-bond donors (Lipinski definition) is 1. The summed E-state index contributed by atoms with van der Waals surface area (Å²) in [7, 11) is 1.49. The van der Waals surface area contributed by atoms with Gasteiger partial charge in [-0.25, -0.2) is 0 Å². The van der Waals surface area contributed by atoms with Crippen LogP contribution < -0.4 is 0 Å². The Bertz CT molecular complexity index is 611. The zero-order valence-electron chi connectivity index (χ0n) is 17.5. The highest BCUT2D eigenvalue weighted by molar-refractivity contribution is 5.68. The first kappa shape index (κ1) is 19.5. The van der Waals surface area contributed by atoms with E-state index in [0.717, 1.165) is 42.9 Å². The van der Waals surface area contributed by atoms with Crippen LogP contribution in [0.4, 0.5) is 0 Å². The van der Waals surface area contributed by atoms with Gasteiger partial charge in [0.25, 0.3) is 0 Å². The Morgan fingerprint density at radius 3 is 2.78 bits per heavy atom. The van der Waals surface area contributed by atoms with Gasteiger partial charge in [0, 0.05) is 6.42 Å². The lowest BCUT2D eigenvalue weighted by molar-refractivity contribution is -0.140. The Kier molecular flexibility index (Phi) is 5.20. The monoisotopic (exact) mass is 374 g/mol. The zero-order chi connectivity index (χ0) is 19.2. The van der Waals surface area contributed by atoms with Crippen LogP contribution in [0, 0.1) is 34.5 Å². The molecule has 1 N–H and O–H groups in total. The first-order valence-electron chi connectivity index (χ1n) is 11.3. The molecular weight excluding hydrogens is 336 g/mol. The normalized spacial score (nSPS) is 46.1. The van der Waals surface area contributed by atoms with Crippen LogP contribution in [0.3, 0.4) is 0 Å². The standard InChI is InChI=1S/C24H38O3/c1-23-14-12-21-19(9-7-17-15-18(25)11-13-24(17,21)2)20(23)10-8-16(23)5-4-6-22(26)27-3/h7,16,18-21,25H,4-6,8-15H2,1-3H3/t16-,18-,19?,20?,21?,23+,24-/m0/s1. The fraction of sp³-hybridized carbons (Fsp3) is 0.875. The highest BCUT2D eigenvalue weighted by Crippen LogP contribution is 2.66. The summed E-state index contributed by atoms with van der Waals surface area (Å²) in [6, 6.07) is 0. The van der Waals surface area contributed by atoms with Gasteiger partial charge in [0.15, 0.2) is 0 Å². The molecule has 0 bridgehead atoms. The Balaban J connectivity index is 1.48. The molecule has 0 radical (unpaired) electrons. The van der Waals surface area contributed by atoms with Crippen LogP contribution in [0.15, 0.2) is 11.6 Å². The molecule has 0 aliphatic heterocycles. The molecule has 0 saturated heterocycles. The van der Waals surface area contributed by atoms with Crippen LogP contribution in [0.5, 0.6) is 0 Å². The molecule has 4 aliphatic carbocycles. The summed E-state index contributed by atoms with van der Waals surface area (Å²) in [6.07, 6.45) is 14.9. The van der Waals surface area contributed by atoms with Crippen molar-refractivity contribution in [1.29, 1.82) is 0 Å². The number of aliphatic hydroxyl groups excluding tert-OH is 1. The summed E-state index contributed by atoms with van der Waals surface area (Å²) in [5.41, 5.74) is 2.37. The Morgan fingerprint density at radius 1 is 1.19 bits per heavy atom. The van der Waals surface area contributed by atoms with Gasteiger partial charge in [-0.1, -0.05) is 25.5 Å². The molecule has 152 valence electrons.